The highest BCUT2D eigenvalue weighted by Gasteiger charge is 2.57. The lowest BCUT2D eigenvalue weighted by atomic mass is 9.94. The van der Waals surface area contributed by atoms with Gasteiger partial charge in [0.05, 0.1) is 18.8 Å². The Bertz CT molecular complexity index is 424. The van der Waals surface area contributed by atoms with Crippen molar-refractivity contribution >= 4 is 6.29 Å². The van der Waals surface area contributed by atoms with E-state index in [0.717, 1.165) is 0 Å². The molecule has 10 heteroatoms. The number of likely N-dealkylation sites (N-methyl/N-ethyl adjacent to an activating group) is 1. The average molecular weight is 337 g/mol. The summed E-state index contributed by atoms with van der Waals surface area (Å²) in [7, 11) is 1.48. The molecule has 2 heterocycles. The number of hydrogen-bond acceptors (Lipinski definition) is 10. The molecule has 0 spiro atoms. The molecule has 0 aromatic heterocycles. The van der Waals surface area contributed by atoms with Crippen LogP contribution in [0.4, 0.5) is 0 Å². The number of ether oxygens (including phenoxy) is 3. The van der Waals surface area contributed by atoms with E-state index in [-0.39, 0.29) is 6.29 Å². The van der Waals surface area contributed by atoms with Crippen LogP contribution >= 0.6 is 0 Å². The zero-order chi connectivity index (χ0) is 17.4. The molecule has 0 amide bonds. The third kappa shape index (κ3) is 3.14. The lowest BCUT2D eigenvalue weighted by molar-refractivity contribution is -0.302. The molecule has 0 bridgehead atoms. The number of hydrogen-bond donors (Lipinski definition) is 6. The van der Waals surface area contributed by atoms with Crippen LogP contribution in [0.2, 0.25) is 0 Å². The molecule has 2 fully saturated rings. The second-order valence-corrected chi connectivity index (χ2v) is 5.75. The van der Waals surface area contributed by atoms with Gasteiger partial charge >= 0.3 is 0 Å². The first-order chi connectivity index (χ1) is 10.8. The van der Waals surface area contributed by atoms with Crippen LogP contribution in [-0.4, -0.2) is 100 Å². The third-order valence-electron chi connectivity index (χ3n) is 4.39. The van der Waals surface area contributed by atoms with Crippen LogP contribution in [0.25, 0.3) is 0 Å². The highest BCUT2D eigenvalue weighted by atomic mass is 16.7. The summed E-state index contributed by atoms with van der Waals surface area (Å²) in [6.45, 7) is 0.819. The van der Waals surface area contributed by atoms with Gasteiger partial charge in [0, 0.05) is 0 Å². The standard InChI is InChI=1S/C13H23NO9/c1-5-13(20,4-16)10(11(19)21-5)23-12-7(14-2)9(18)8(17)6(3-15)22-12/h4-12,14-15,17-20H,3H2,1-2H3/t5-,6-,7-,8-,9-,10-,11?,12-,13+/m0/s1. The molecule has 2 aliphatic rings. The van der Waals surface area contributed by atoms with E-state index in [0.29, 0.717) is 0 Å². The molecule has 1 unspecified atom stereocenters. The first-order valence-corrected chi connectivity index (χ1v) is 7.27. The van der Waals surface area contributed by atoms with E-state index in [1.807, 2.05) is 0 Å². The molecule has 23 heavy (non-hydrogen) atoms. The van der Waals surface area contributed by atoms with Gasteiger partial charge in [-0.05, 0) is 14.0 Å². The molecule has 2 saturated heterocycles. The molecule has 0 radical (unpaired) electrons. The van der Waals surface area contributed by atoms with Gasteiger partial charge in [-0.15, -0.1) is 0 Å². The van der Waals surface area contributed by atoms with E-state index >= 15 is 0 Å². The van der Waals surface area contributed by atoms with Crippen LogP contribution in [0, 0.1) is 0 Å². The molecule has 0 aromatic rings. The Labute approximate surface area is 132 Å². The second-order valence-electron chi connectivity index (χ2n) is 5.75. The molecule has 9 atom stereocenters. The number of nitrogens with one attached hydrogen (secondary N) is 1. The van der Waals surface area contributed by atoms with Crippen molar-refractivity contribution in [3.63, 3.8) is 0 Å². The monoisotopic (exact) mass is 337 g/mol. The van der Waals surface area contributed by atoms with Gasteiger partial charge in [-0.1, -0.05) is 0 Å². The van der Waals surface area contributed by atoms with Crippen molar-refractivity contribution in [3.05, 3.63) is 0 Å². The van der Waals surface area contributed by atoms with Crippen molar-refractivity contribution in [3.8, 4) is 0 Å². The van der Waals surface area contributed by atoms with Crippen molar-refractivity contribution in [1.82, 2.24) is 5.32 Å². The van der Waals surface area contributed by atoms with Crippen molar-refractivity contribution in [2.24, 2.45) is 0 Å². The van der Waals surface area contributed by atoms with Crippen LogP contribution in [0.5, 0.6) is 0 Å². The Kier molecular flexibility index (Phi) is 5.72. The Balaban J connectivity index is 2.20. The first-order valence-electron chi connectivity index (χ1n) is 7.27. The summed E-state index contributed by atoms with van der Waals surface area (Å²) in [5.41, 5.74) is -2.10. The Hall–Kier alpha value is -0.690. The maximum atomic E-state index is 11.2. The molecular formula is C13H23NO9. The Morgan fingerprint density at radius 2 is 1.91 bits per heavy atom. The predicted octanol–water partition coefficient (Wildman–Crippen LogP) is -3.93. The molecule has 6 N–H and O–H groups in total. The largest absolute Gasteiger partial charge is 0.394 e. The quantitative estimate of drug-likeness (QED) is 0.274. The van der Waals surface area contributed by atoms with Crippen LogP contribution in [0.15, 0.2) is 0 Å². The van der Waals surface area contributed by atoms with Crippen molar-refractivity contribution in [1.29, 1.82) is 0 Å². The highest BCUT2D eigenvalue weighted by molar-refractivity contribution is 5.65. The summed E-state index contributed by atoms with van der Waals surface area (Å²) < 4.78 is 15.8. The van der Waals surface area contributed by atoms with Gasteiger partial charge in [-0.25, -0.2) is 0 Å². The number of carbonyl (C=O) groups excluding carboxylic acids is 1. The van der Waals surface area contributed by atoms with Crippen LogP contribution in [-0.2, 0) is 19.0 Å². The second kappa shape index (κ2) is 7.05. The van der Waals surface area contributed by atoms with Gasteiger partial charge in [0.25, 0.3) is 0 Å². The minimum absolute atomic E-state index is 0.213. The van der Waals surface area contributed by atoms with Crippen molar-refractivity contribution < 1.29 is 44.5 Å². The minimum Gasteiger partial charge on any atom is -0.394 e. The molecule has 0 aromatic carbocycles. The van der Waals surface area contributed by atoms with E-state index in [2.05, 4.69) is 5.32 Å². The van der Waals surface area contributed by atoms with E-state index in [1.54, 1.807) is 0 Å². The molecule has 2 aliphatic heterocycles. The number of rotatable bonds is 5. The first kappa shape index (κ1) is 18.6. The normalized spacial score (nSPS) is 50.9. The van der Waals surface area contributed by atoms with Gasteiger partial charge in [0.2, 0.25) is 0 Å². The Morgan fingerprint density at radius 3 is 2.43 bits per heavy atom. The average Bonchev–Trinajstić information content (AvgIpc) is 2.74. The van der Waals surface area contributed by atoms with Crippen LogP contribution in [0.1, 0.15) is 6.92 Å². The van der Waals surface area contributed by atoms with E-state index in [9.17, 15) is 30.3 Å². The maximum absolute atomic E-state index is 11.2. The summed E-state index contributed by atoms with van der Waals surface area (Å²) in [5, 5.41) is 52.0. The predicted molar refractivity (Wildman–Crippen MR) is 73.0 cm³/mol. The summed E-state index contributed by atoms with van der Waals surface area (Å²) in [5.74, 6) is 0. The fourth-order valence-corrected chi connectivity index (χ4v) is 2.84. The van der Waals surface area contributed by atoms with Gasteiger partial charge in [0.15, 0.2) is 24.5 Å². The molecule has 0 saturated carbocycles. The van der Waals surface area contributed by atoms with Gasteiger partial charge in [-0.3, -0.25) is 4.79 Å². The smallest absolute Gasteiger partial charge is 0.185 e. The zero-order valence-corrected chi connectivity index (χ0v) is 12.8. The summed E-state index contributed by atoms with van der Waals surface area (Å²) >= 11 is 0. The minimum atomic E-state index is -2.10. The summed E-state index contributed by atoms with van der Waals surface area (Å²) in [6.07, 6.45) is -8.92. The lowest BCUT2D eigenvalue weighted by Gasteiger charge is -2.43. The maximum Gasteiger partial charge on any atom is 0.185 e. The van der Waals surface area contributed by atoms with Gasteiger partial charge in [-0.2, -0.15) is 0 Å². The Morgan fingerprint density at radius 1 is 1.26 bits per heavy atom. The third-order valence-corrected chi connectivity index (χ3v) is 4.39. The SMILES string of the molecule is CN[C@@H]1[C@H](O[C@H]2C(O)O[C@@H](C)[C@]2(O)C=O)O[C@@H](CO)[C@H](O)[C@H]1O. The number of carbonyl (C=O) groups is 1. The lowest BCUT2D eigenvalue weighted by Crippen LogP contribution is -2.65. The summed E-state index contributed by atoms with van der Waals surface area (Å²) in [4.78, 5) is 11.2. The van der Waals surface area contributed by atoms with Crippen molar-refractivity contribution in [2.75, 3.05) is 13.7 Å². The number of aldehydes is 1. The highest BCUT2D eigenvalue weighted by Crippen LogP contribution is 2.33. The summed E-state index contributed by atoms with van der Waals surface area (Å²) in [6, 6.07) is -0.924. The topological polar surface area (TPSA) is 158 Å². The van der Waals surface area contributed by atoms with Crippen LogP contribution in [0.3, 0.4) is 0 Å². The fourth-order valence-electron chi connectivity index (χ4n) is 2.84. The number of aliphatic hydroxyl groups excluding tert-OH is 4. The van der Waals surface area contributed by atoms with Crippen molar-refractivity contribution in [2.45, 2.75) is 61.7 Å². The molecule has 2 rings (SSSR count). The van der Waals surface area contributed by atoms with Gasteiger partial charge in [0.1, 0.15) is 24.4 Å². The molecule has 134 valence electrons. The zero-order valence-electron chi connectivity index (χ0n) is 12.8. The molecule has 10 nitrogen and oxygen atoms in total. The fraction of sp³-hybridized carbons (Fsp3) is 0.923. The molecular weight excluding hydrogens is 314 g/mol. The van der Waals surface area contributed by atoms with E-state index < -0.39 is 61.3 Å². The van der Waals surface area contributed by atoms with E-state index in [4.69, 9.17) is 14.2 Å². The van der Waals surface area contributed by atoms with Crippen LogP contribution < -0.4 is 5.32 Å². The van der Waals surface area contributed by atoms with Gasteiger partial charge < -0.3 is 45.1 Å². The van der Waals surface area contributed by atoms with E-state index in [1.165, 1.54) is 14.0 Å². The number of aliphatic hydroxyl groups is 5. The molecule has 0 aliphatic carbocycles.